The highest BCUT2D eigenvalue weighted by atomic mass is 35.5. The number of hydrogen-bond acceptors (Lipinski definition) is 9. The van der Waals surface area contributed by atoms with Crippen LogP contribution < -0.4 is 21.4 Å². The van der Waals surface area contributed by atoms with Crippen molar-refractivity contribution in [2.75, 3.05) is 23.8 Å². The molecule has 0 fully saturated rings. The number of nitrogen functional groups attached to an aromatic ring is 2. The number of benzene rings is 1. The Kier molecular flexibility index (Phi) is 10.5. The fraction of sp³-hybridized carbons (Fsp3) is 0.391. The molecule has 36 heavy (non-hydrogen) atoms. The van der Waals surface area contributed by atoms with Gasteiger partial charge >= 0.3 is 5.97 Å². The number of aromatic nitrogens is 4. The Morgan fingerprint density at radius 3 is 2.50 bits per heavy atom. The van der Waals surface area contributed by atoms with Gasteiger partial charge in [0.05, 0.1) is 26.0 Å². The van der Waals surface area contributed by atoms with Crippen LogP contribution in [0.25, 0.3) is 11.0 Å². The van der Waals surface area contributed by atoms with Crippen LogP contribution in [0.3, 0.4) is 0 Å². The van der Waals surface area contributed by atoms with Gasteiger partial charge in [0.2, 0.25) is 5.12 Å². The van der Waals surface area contributed by atoms with Crippen LogP contribution in [0.2, 0.25) is 5.15 Å². The Hall–Kier alpha value is -3.38. The minimum atomic E-state index is -0.550. The molecule has 1 aromatic carbocycles. The van der Waals surface area contributed by atoms with Gasteiger partial charge in [0.25, 0.3) is 11.7 Å². The van der Waals surface area contributed by atoms with E-state index in [9.17, 15) is 14.4 Å². The summed E-state index contributed by atoms with van der Waals surface area (Å²) in [6, 6.07) is 5.31. The standard InChI is InChI=1S/C21H24ClN7O4S.C2H6/c1-4-29-13-8-11(21(32)34-10-15(30)33-5-2)6-7-12(13)28(3)14(29)9-25-20(31)16-18(23)27-19(24)17(22)26-16;1-2/h6-8H,4-5,9-10H2,1-3H3,(H4-,23,24,25,27,31);1-2H3/p+1. The van der Waals surface area contributed by atoms with E-state index >= 15 is 0 Å². The van der Waals surface area contributed by atoms with Gasteiger partial charge in [0.1, 0.15) is 6.54 Å². The topological polar surface area (TPSA) is 159 Å². The van der Waals surface area contributed by atoms with E-state index < -0.39 is 11.9 Å². The molecular formula is C23H31ClN7O4S+. The number of esters is 1. The first kappa shape index (κ1) is 28.9. The number of hydrogen-bond donors (Lipinski definition) is 3. The number of imidazole rings is 1. The van der Waals surface area contributed by atoms with Gasteiger partial charge in [-0.2, -0.15) is 0 Å². The van der Waals surface area contributed by atoms with E-state index in [0.717, 1.165) is 28.6 Å². The molecule has 1 amide bonds. The third-order valence-corrected chi connectivity index (χ3v) is 6.19. The number of amides is 1. The highest BCUT2D eigenvalue weighted by Gasteiger charge is 2.25. The van der Waals surface area contributed by atoms with Crippen molar-refractivity contribution < 1.29 is 23.7 Å². The molecule has 3 rings (SSSR count). The van der Waals surface area contributed by atoms with Gasteiger partial charge in [-0.25, -0.2) is 19.1 Å². The van der Waals surface area contributed by atoms with Crippen LogP contribution in [0, 0.1) is 0 Å². The lowest BCUT2D eigenvalue weighted by Crippen LogP contribution is -2.38. The molecule has 0 spiro atoms. The maximum absolute atomic E-state index is 12.6. The van der Waals surface area contributed by atoms with E-state index in [-0.39, 0.29) is 46.5 Å². The van der Waals surface area contributed by atoms with Gasteiger partial charge in [-0.1, -0.05) is 37.2 Å². The van der Waals surface area contributed by atoms with Crippen molar-refractivity contribution in [3.63, 3.8) is 0 Å². The summed E-state index contributed by atoms with van der Waals surface area (Å²) in [5, 5.41) is 2.44. The first-order valence-electron chi connectivity index (χ1n) is 11.4. The van der Waals surface area contributed by atoms with Crippen LogP contribution in [-0.4, -0.2) is 43.9 Å². The zero-order chi connectivity index (χ0) is 27.0. The second kappa shape index (κ2) is 13.1. The molecule has 5 N–H and O–H groups in total. The van der Waals surface area contributed by atoms with Crippen LogP contribution in [0.1, 0.15) is 54.4 Å². The van der Waals surface area contributed by atoms with Gasteiger partial charge in [-0.05, 0) is 26.0 Å². The normalized spacial score (nSPS) is 10.5. The molecule has 0 unspecified atom stereocenters. The van der Waals surface area contributed by atoms with Crippen molar-refractivity contribution in [1.29, 1.82) is 0 Å². The maximum Gasteiger partial charge on any atom is 0.316 e. The molecule has 0 saturated carbocycles. The number of thioether (sulfide) groups is 1. The van der Waals surface area contributed by atoms with Crippen molar-refractivity contribution >= 4 is 63.0 Å². The summed E-state index contributed by atoms with van der Waals surface area (Å²) in [5.41, 5.74) is 13.4. The zero-order valence-electron chi connectivity index (χ0n) is 20.9. The van der Waals surface area contributed by atoms with Crippen molar-refractivity contribution in [1.82, 2.24) is 19.9 Å². The number of rotatable bonds is 8. The Labute approximate surface area is 218 Å². The Morgan fingerprint density at radius 2 is 1.86 bits per heavy atom. The molecule has 0 atom stereocenters. The monoisotopic (exact) mass is 536 g/mol. The Bertz CT molecular complexity index is 1280. The van der Waals surface area contributed by atoms with Gasteiger partial charge in [-0.15, -0.1) is 0 Å². The van der Waals surface area contributed by atoms with Crippen LogP contribution in [0.4, 0.5) is 11.6 Å². The van der Waals surface area contributed by atoms with Crippen molar-refractivity contribution in [2.45, 2.75) is 40.8 Å². The van der Waals surface area contributed by atoms with Crippen molar-refractivity contribution in [3.8, 4) is 0 Å². The minimum Gasteiger partial charge on any atom is -0.465 e. The second-order valence-corrected chi connectivity index (χ2v) is 8.43. The van der Waals surface area contributed by atoms with E-state index in [2.05, 4.69) is 15.3 Å². The van der Waals surface area contributed by atoms with Crippen molar-refractivity contribution in [2.24, 2.45) is 7.05 Å². The van der Waals surface area contributed by atoms with Gasteiger partial charge in [-0.3, -0.25) is 14.4 Å². The summed E-state index contributed by atoms with van der Waals surface area (Å²) in [6.45, 7) is 8.68. The summed E-state index contributed by atoms with van der Waals surface area (Å²) < 4.78 is 8.77. The number of aryl methyl sites for hydroxylation is 2. The van der Waals surface area contributed by atoms with Gasteiger partial charge in [0.15, 0.2) is 33.5 Å². The SMILES string of the molecule is CC.CCOC(=O)CSC(=O)c1ccc2c(c1)n(CC)c(CNC(=O)c1nc(Cl)c(N)nc1N)[n+]2C. The molecule has 0 aliphatic heterocycles. The average Bonchev–Trinajstić information content (AvgIpc) is 3.14. The Morgan fingerprint density at radius 1 is 1.17 bits per heavy atom. The lowest BCUT2D eigenvalue weighted by Gasteiger charge is -2.07. The van der Waals surface area contributed by atoms with Crippen LogP contribution in [0.15, 0.2) is 18.2 Å². The van der Waals surface area contributed by atoms with Crippen molar-refractivity contribution in [3.05, 3.63) is 40.4 Å². The maximum atomic E-state index is 12.6. The van der Waals surface area contributed by atoms with Crippen LogP contribution >= 0.6 is 23.4 Å². The number of anilines is 2. The molecule has 194 valence electrons. The first-order chi connectivity index (χ1) is 17.2. The number of nitrogens with one attached hydrogen (secondary N) is 1. The Balaban J connectivity index is 0.00000222. The lowest BCUT2D eigenvalue weighted by molar-refractivity contribution is -0.654. The fourth-order valence-electron chi connectivity index (χ4n) is 3.44. The van der Waals surface area contributed by atoms with E-state index in [0.29, 0.717) is 12.1 Å². The smallest absolute Gasteiger partial charge is 0.316 e. The molecule has 0 aliphatic rings. The largest absolute Gasteiger partial charge is 0.465 e. The molecule has 0 aliphatic carbocycles. The summed E-state index contributed by atoms with van der Waals surface area (Å²) in [4.78, 5) is 44.5. The second-order valence-electron chi connectivity index (χ2n) is 7.12. The van der Waals surface area contributed by atoms with E-state index in [1.165, 1.54) is 0 Å². The number of carbonyl (C=O) groups is 3. The summed E-state index contributed by atoms with van der Waals surface area (Å²) in [6.07, 6.45) is 0. The van der Waals surface area contributed by atoms with E-state index in [1.54, 1.807) is 19.1 Å². The van der Waals surface area contributed by atoms with Crippen LogP contribution in [-0.2, 0) is 29.7 Å². The summed E-state index contributed by atoms with van der Waals surface area (Å²) in [5.74, 6) is -0.432. The summed E-state index contributed by atoms with van der Waals surface area (Å²) >= 11 is 6.77. The highest BCUT2D eigenvalue weighted by molar-refractivity contribution is 8.14. The molecule has 13 heteroatoms. The number of ether oxygens (including phenoxy) is 1. The van der Waals surface area contributed by atoms with E-state index in [4.69, 9.17) is 27.8 Å². The predicted molar refractivity (Wildman–Crippen MR) is 141 cm³/mol. The number of nitrogens with two attached hydrogens (primary N) is 2. The lowest BCUT2D eigenvalue weighted by atomic mass is 10.2. The highest BCUT2D eigenvalue weighted by Crippen LogP contribution is 2.21. The van der Waals surface area contributed by atoms with Crippen LogP contribution in [0.5, 0.6) is 0 Å². The molecule has 2 heterocycles. The van der Waals surface area contributed by atoms with Gasteiger partial charge in [0, 0.05) is 11.6 Å². The summed E-state index contributed by atoms with van der Waals surface area (Å²) in [7, 11) is 1.86. The quantitative estimate of drug-likeness (QED) is 0.290. The van der Waals surface area contributed by atoms with Gasteiger partial charge < -0.3 is 21.5 Å². The molecular weight excluding hydrogens is 506 g/mol. The molecule has 3 aromatic rings. The third-order valence-electron chi connectivity index (χ3n) is 5.03. The molecule has 0 radical (unpaired) electrons. The van der Waals surface area contributed by atoms with E-state index in [1.807, 2.05) is 43.0 Å². The molecule has 0 saturated heterocycles. The number of nitrogens with zero attached hydrogens (tertiary/aromatic N) is 4. The third kappa shape index (κ3) is 6.43. The zero-order valence-corrected chi connectivity index (χ0v) is 22.5. The number of halogens is 1. The molecule has 2 aromatic heterocycles. The molecule has 11 nitrogen and oxygen atoms in total. The fourth-order valence-corrected chi connectivity index (χ4v) is 4.19. The first-order valence-corrected chi connectivity index (χ1v) is 12.7. The minimum absolute atomic E-state index is 0.0499. The average molecular weight is 537 g/mol. The predicted octanol–water partition coefficient (Wildman–Crippen LogP) is 2.49. The number of carbonyl (C=O) groups excluding carboxylic acids is 3. The molecule has 0 bridgehead atoms. The number of fused-ring (bicyclic) bond motifs is 1.